The molecule has 0 radical (unpaired) electrons. The van der Waals surface area contributed by atoms with Gasteiger partial charge in [0.2, 0.25) is 0 Å². The second-order valence-corrected chi connectivity index (χ2v) is 9.04. The number of rotatable bonds is 3. The summed E-state index contributed by atoms with van der Waals surface area (Å²) in [7, 11) is -3.73. The molecule has 1 aromatic carbocycles. The SMILES string of the molecule is Cc1c(I)c2cccnc2n1Cc1ccc(S(C)(=O)=O)cc1C(F)(F)F. The number of sulfone groups is 1. The van der Waals surface area contributed by atoms with Gasteiger partial charge in [0, 0.05) is 33.6 Å². The first-order valence-electron chi connectivity index (χ1n) is 7.49. The topological polar surface area (TPSA) is 52.0 Å². The van der Waals surface area contributed by atoms with E-state index in [0.717, 1.165) is 20.9 Å². The van der Waals surface area contributed by atoms with Crippen LogP contribution in [-0.2, 0) is 22.6 Å². The Morgan fingerprint density at radius 2 is 1.92 bits per heavy atom. The second-order valence-electron chi connectivity index (χ2n) is 5.95. The summed E-state index contributed by atoms with van der Waals surface area (Å²) in [6.07, 6.45) is -2.18. The van der Waals surface area contributed by atoms with E-state index in [1.54, 1.807) is 16.8 Å². The molecule has 0 aliphatic rings. The minimum absolute atomic E-state index is 0.00745. The van der Waals surface area contributed by atoms with Crippen LogP contribution in [0.4, 0.5) is 13.2 Å². The molecule has 3 aromatic rings. The molecule has 9 heteroatoms. The number of fused-ring (bicyclic) bond motifs is 1. The number of alkyl halides is 3. The Balaban J connectivity index is 2.19. The van der Waals surface area contributed by atoms with Crippen molar-refractivity contribution in [2.45, 2.75) is 24.5 Å². The third-order valence-corrected chi connectivity index (χ3v) is 6.62. The predicted octanol–water partition coefficient (Wildman–Crippen LogP) is 4.42. The molecule has 0 fully saturated rings. The quantitative estimate of drug-likeness (QED) is 0.507. The molecular weight excluding hydrogens is 480 g/mol. The second kappa shape index (κ2) is 6.52. The fourth-order valence-corrected chi connectivity index (χ4v) is 4.17. The normalized spacial score (nSPS) is 12.7. The van der Waals surface area contributed by atoms with Crippen molar-refractivity contribution < 1.29 is 21.6 Å². The Hall–Kier alpha value is -1.62. The zero-order valence-corrected chi connectivity index (χ0v) is 16.8. The van der Waals surface area contributed by atoms with Gasteiger partial charge < -0.3 is 4.57 Å². The van der Waals surface area contributed by atoms with E-state index in [1.165, 1.54) is 12.1 Å². The van der Waals surface area contributed by atoms with Gasteiger partial charge in [0.15, 0.2) is 9.84 Å². The highest BCUT2D eigenvalue weighted by Crippen LogP contribution is 2.35. The Morgan fingerprint density at radius 1 is 1.23 bits per heavy atom. The number of pyridine rings is 1. The molecule has 0 bridgehead atoms. The molecule has 0 saturated carbocycles. The van der Waals surface area contributed by atoms with E-state index in [4.69, 9.17) is 0 Å². The molecule has 0 saturated heterocycles. The van der Waals surface area contributed by atoms with Crippen molar-refractivity contribution in [3.8, 4) is 0 Å². The lowest BCUT2D eigenvalue weighted by Gasteiger charge is -2.16. The number of aromatic nitrogens is 2. The number of hydrogen-bond donors (Lipinski definition) is 0. The molecule has 4 nitrogen and oxygen atoms in total. The molecule has 0 amide bonds. The molecule has 26 heavy (non-hydrogen) atoms. The largest absolute Gasteiger partial charge is 0.416 e. The molecule has 0 unspecified atom stereocenters. The molecule has 0 spiro atoms. The van der Waals surface area contributed by atoms with E-state index in [2.05, 4.69) is 27.6 Å². The summed E-state index contributed by atoms with van der Waals surface area (Å²) in [6, 6.07) is 6.77. The van der Waals surface area contributed by atoms with Crippen LogP contribution in [0.3, 0.4) is 0 Å². The lowest BCUT2D eigenvalue weighted by Crippen LogP contribution is -2.14. The van der Waals surface area contributed by atoms with Gasteiger partial charge in [-0.05, 0) is 59.3 Å². The van der Waals surface area contributed by atoms with Gasteiger partial charge in [-0.15, -0.1) is 0 Å². The highest BCUT2D eigenvalue weighted by Gasteiger charge is 2.34. The summed E-state index contributed by atoms with van der Waals surface area (Å²) < 4.78 is 66.4. The monoisotopic (exact) mass is 494 g/mol. The summed E-state index contributed by atoms with van der Waals surface area (Å²) in [6.45, 7) is 1.77. The molecule has 0 aliphatic heterocycles. The molecule has 0 atom stereocenters. The Kier molecular flexibility index (Phi) is 4.80. The highest BCUT2D eigenvalue weighted by atomic mass is 127. The van der Waals surface area contributed by atoms with Crippen LogP contribution in [0.5, 0.6) is 0 Å². The summed E-state index contributed by atoms with van der Waals surface area (Å²) in [5, 5.41) is 0.868. The van der Waals surface area contributed by atoms with Crippen LogP contribution >= 0.6 is 22.6 Å². The molecule has 3 rings (SSSR count). The van der Waals surface area contributed by atoms with E-state index in [-0.39, 0.29) is 17.0 Å². The van der Waals surface area contributed by atoms with Crippen LogP contribution in [-0.4, -0.2) is 24.2 Å². The van der Waals surface area contributed by atoms with Crippen LogP contribution in [0.1, 0.15) is 16.8 Å². The van der Waals surface area contributed by atoms with Gasteiger partial charge in [0.25, 0.3) is 0 Å². The first-order chi connectivity index (χ1) is 12.0. The molecule has 2 aromatic heterocycles. The lowest BCUT2D eigenvalue weighted by atomic mass is 10.1. The Morgan fingerprint density at radius 3 is 2.54 bits per heavy atom. The molecule has 0 aliphatic carbocycles. The van der Waals surface area contributed by atoms with E-state index in [9.17, 15) is 21.6 Å². The van der Waals surface area contributed by atoms with Crippen LogP contribution in [0, 0.1) is 10.5 Å². The first kappa shape index (κ1) is 19.2. The van der Waals surface area contributed by atoms with Gasteiger partial charge in [0.1, 0.15) is 5.65 Å². The maximum atomic E-state index is 13.5. The van der Waals surface area contributed by atoms with E-state index in [1.807, 2.05) is 13.0 Å². The molecule has 2 heterocycles. The molecule has 0 N–H and O–H groups in total. The zero-order valence-electron chi connectivity index (χ0n) is 13.8. The van der Waals surface area contributed by atoms with Crippen molar-refractivity contribution >= 4 is 43.5 Å². The number of benzene rings is 1. The van der Waals surface area contributed by atoms with Gasteiger partial charge in [-0.2, -0.15) is 13.2 Å². The average molecular weight is 494 g/mol. The standard InChI is InChI=1S/C17H14F3IN2O2S/c1-10-15(21)13-4-3-7-22-16(13)23(10)9-11-5-6-12(26(2,24)25)8-14(11)17(18,19)20/h3-8H,9H2,1-2H3. The minimum atomic E-state index is -4.66. The van der Waals surface area contributed by atoms with Gasteiger partial charge in [0.05, 0.1) is 10.5 Å². The first-order valence-corrected chi connectivity index (χ1v) is 10.5. The fourth-order valence-electron chi connectivity index (χ4n) is 2.81. The van der Waals surface area contributed by atoms with Crippen molar-refractivity contribution in [1.29, 1.82) is 0 Å². The van der Waals surface area contributed by atoms with Gasteiger partial charge in [-0.3, -0.25) is 0 Å². The Bertz CT molecular complexity index is 1110. The smallest absolute Gasteiger partial charge is 0.324 e. The van der Waals surface area contributed by atoms with E-state index in [0.29, 0.717) is 11.7 Å². The van der Waals surface area contributed by atoms with Crippen molar-refractivity contribution in [2.75, 3.05) is 6.26 Å². The third kappa shape index (κ3) is 3.46. The van der Waals surface area contributed by atoms with Crippen LogP contribution in [0.15, 0.2) is 41.4 Å². The van der Waals surface area contributed by atoms with Gasteiger partial charge >= 0.3 is 6.18 Å². The zero-order chi connectivity index (χ0) is 19.3. The maximum absolute atomic E-state index is 13.5. The molecular formula is C17H14F3IN2O2S. The predicted molar refractivity (Wildman–Crippen MR) is 101 cm³/mol. The van der Waals surface area contributed by atoms with Crippen LogP contribution < -0.4 is 0 Å². The van der Waals surface area contributed by atoms with E-state index >= 15 is 0 Å². The van der Waals surface area contributed by atoms with E-state index < -0.39 is 21.6 Å². The average Bonchev–Trinajstić information content (AvgIpc) is 2.79. The lowest BCUT2D eigenvalue weighted by molar-refractivity contribution is -0.138. The van der Waals surface area contributed by atoms with Crippen molar-refractivity contribution in [2.24, 2.45) is 0 Å². The minimum Gasteiger partial charge on any atom is -0.324 e. The summed E-state index contributed by atoms with van der Waals surface area (Å²) in [5.41, 5.74) is 0.439. The number of halogens is 4. The summed E-state index contributed by atoms with van der Waals surface area (Å²) >= 11 is 2.14. The summed E-state index contributed by atoms with van der Waals surface area (Å²) in [5.74, 6) is 0. The highest BCUT2D eigenvalue weighted by molar-refractivity contribution is 14.1. The Labute approximate surface area is 162 Å². The number of hydrogen-bond acceptors (Lipinski definition) is 3. The fraction of sp³-hybridized carbons (Fsp3) is 0.235. The number of nitrogens with zero attached hydrogens (tertiary/aromatic N) is 2. The van der Waals surface area contributed by atoms with Crippen molar-refractivity contribution in [3.63, 3.8) is 0 Å². The third-order valence-electron chi connectivity index (χ3n) is 4.14. The maximum Gasteiger partial charge on any atom is 0.416 e. The van der Waals surface area contributed by atoms with Gasteiger partial charge in [-0.25, -0.2) is 13.4 Å². The van der Waals surface area contributed by atoms with Crippen LogP contribution in [0.2, 0.25) is 0 Å². The van der Waals surface area contributed by atoms with Gasteiger partial charge in [-0.1, -0.05) is 6.07 Å². The molecule has 138 valence electrons. The van der Waals surface area contributed by atoms with Crippen LogP contribution in [0.25, 0.3) is 11.0 Å². The summed E-state index contributed by atoms with van der Waals surface area (Å²) in [4.78, 5) is 3.94. The van der Waals surface area contributed by atoms with Crippen molar-refractivity contribution in [3.05, 3.63) is 56.9 Å². The van der Waals surface area contributed by atoms with Crippen molar-refractivity contribution in [1.82, 2.24) is 9.55 Å².